The molecule has 1 fully saturated rings. The number of ether oxygens (including phenoxy) is 1. The fraction of sp³-hybridized carbons (Fsp3) is 0.417. The van der Waals surface area contributed by atoms with Gasteiger partial charge in [0.1, 0.15) is 11.4 Å². The van der Waals surface area contributed by atoms with E-state index in [2.05, 4.69) is 9.88 Å². The first-order valence-corrected chi connectivity index (χ1v) is 10.7. The maximum absolute atomic E-state index is 13.7. The molecule has 2 aromatic carbocycles. The first kappa shape index (κ1) is 21.2. The molecule has 1 aliphatic heterocycles. The number of amides is 1. The van der Waals surface area contributed by atoms with Crippen LogP contribution in [0.15, 0.2) is 48.5 Å². The molecule has 0 saturated carbocycles. The van der Waals surface area contributed by atoms with Gasteiger partial charge in [0.2, 0.25) is 5.95 Å². The standard InChI is InChI=1S/C24H29FN4O2/c1-24(2,3)31-23(30)28-13-7-10-19(28)15-26-22-27-20-11-4-5-12-21(20)29(22)16-17-8-6-9-18(25)14-17/h4-6,8-9,11-12,14,19H,7,10,13,15-16H2,1-3H3,(H,26,27). The Morgan fingerprint density at radius 1 is 1.23 bits per heavy atom. The summed E-state index contributed by atoms with van der Waals surface area (Å²) in [5.74, 6) is 0.455. The molecule has 1 amide bonds. The Labute approximate surface area is 182 Å². The molecule has 4 rings (SSSR count). The van der Waals surface area contributed by atoms with Gasteiger partial charge in [-0.3, -0.25) is 0 Å². The van der Waals surface area contributed by atoms with Gasteiger partial charge in [-0.25, -0.2) is 14.2 Å². The molecular formula is C24H29FN4O2. The molecule has 1 N–H and O–H groups in total. The highest BCUT2D eigenvalue weighted by Crippen LogP contribution is 2.24. The van der Waals surface area contributed by atoms with Crippen molar-refractivity contribution in [1.29, 1.82) is 0 Å². The molecule has 1 unspecified atom stereocenters. The van der Waals surface area contributed by atoms with Gasteiger partial charge < -0.3 is 19.5 Å². The van der Waals surface area contributed by atoms with E-state index < -0.39 is 5.60 Å². The zero-order valence-corrected chi connectivity index (χ0v) is 18.3. The number of rotatable bonds is 5. The van der Waals surface area contributed by atoms with Gasteiger partial charge in [-0.15, -0.1) is 0 Å². The van der Waals surface area contributed by atoms with E-state index in [0.29, 0.717) is 25.6 Å². The average molecular weight is 425 g/mol. The van der Waals surface area contributed by atoms with E-state index in [1.165, 1.54) is 6.07 Å². The van der Waals surface area contributed by atoms with E-state index in [1.54, 1.807) is 17.0 Å². The third kappa shape index (κ3) is 4.98. The first-order valence-electron chi connectivity index (χ1n) is 10.7. The largest absolute Gasteiger partial charge is 0.444 e. The number of nitrogens with one attached hydrogen (secondary N) is 1. The number of likely N-dealkylation sites (tertiary alicyclic amines) is 1. The highest BCUT2D eigenvalue weighted by molar-refractivity contribution is 5.78. The maximum atomic E-state index is 13.7. The highest BCUT2D eigenvalue weighted by Gasteiger charge is 2.32. The zero-order chi connectivity index (χ0) is 22.0. The van der Waals surface area contributed by atoms with Crippen LogP contribution in [0.1, 0.15) is 39.2 Å². The summed E-state index contributed by atoms with van der Waals surface area (Å²) in [7, 11) is 0. The minimum Gasteiger partial charge on any atom is -0.444 e. The van der Waals surface area contributed by atoms with Gasteiger partial charge in [-0.05, 0) is 63.4 Å². The van der Waals surface area contributed by atoms with Crippen molar-refractivity contribution in [3.63, 3.8) is 0 Å². The van der Waals surface area contributed by atoms with E-state index in [9.17, 15) is 9.18 Å². The summed E-state index contributed by atoms with van der Waals surface area (Å²) < 4.78 is 21.3. The summed E-state index contributed by atoms with van der Waals surface area (Å²) in [6, 6.07) is 14.5. The molecule has 1 aliphatic rings. The lowest BCUT2D eigenvalue weighted by molar-refractivity contribution is 0.0235. The Bertz CT molecular complexity index is 1070. The zero-order valence-electron chi connectivity index (χ0n) is 18.3. The van der Waals surface area contributed by atoms with Crippen LogP contribution < -0.4 is 5.32 Å². The number of imidazole rings is 1. The van der Waals surface area contributed by atoms with Crippen LogP contribution >= 0.6 is 0 Å². The van der Waals surface area contributed by atoms with Crippen molar-refractivity contribution < 1.29 is 13.9 Å². The predicted molar refractivity (Wildman–Crippen MR) is 120 cm³/mol. The highest BCUT2D eigenvalue weighted by atomic mass is 19.1. The smallest absolute Gasteiger partial charge is 0.410 e. The third-order valence-corrected chi connectivity index (χ3v) is 5.39. The van der Waals surface area contributed by atoms with E-state index in [0.717, 1.165) is 29.4 Å². The molecule has 1 atom stereocenters. The quantitative estimate of drug-likeness (QED) is 0.624. The number of hydrogen-bond donors (Lipinski definition) is 1. The predicted octanol–water partition coefficient (Wildman–Crippen LogP) is 5.04. The van der Waals surface area contributed by atoms with Gasteiger partial charge in [0.15, 0.2) is 0 Å². The molecule has 1 aromatic heterocycles. The van der Waals surface area contributed by atoms with Crippen molar-refractivity contribution in [3.8, 4) is 0 Å². The van der Waals surface area contributed by atoms with Crippen LogP contribution in [0.5, 0.6) is 0 Å². The molecule has 6 nitrogen and oxygen atoms in total. The Morgan fingerprint density at radius 3 is 2.81 bits per heavy atom. The number of halogens is 1. The van der Waals surface area contributed by atoms with Gasteiger partial charge in [0, 0.05) is 13.1 Å². The fourth-order valence-corrected chi connectivity index (χ4v) is 4.01. The van der Waals surface area contributed by atoms with Crippen LogP contribution in [0, 0.1) is 5.82 Å². The molecule has 0 spiro atoms. The second-order valence-corrected chi connectivity index (χ2v) is 8.99. The summed E-state index contributed by atoms with van der Waals surface area (Å²) >= 11 is 0. The lowest BCUT2D eigenvalue weighted by Gasteiger charge is -2.28. The Morgan fingerprint density at radius 2 is 2.03 bits per heavy atom. The number of hydrogen-bond acceptors (Lipinski definition) is 4. The van der Waals surface area contributed by atoms with Crippen molar-refractivity contribution >= 4 is 23.1 Å². The minimum absolute atomic E-state index is 0.0391. The van der Waals surface area contributed by atoms with Gasteiger partial charge in [-0.2, -0.15) is 0 Å². The number of benzene rings is 2. The number of para-hydroxylation sites is 2. The molecule has 164 valence electrons. The Balaban J connectivity index is 1.53. The molecule has 0 radical (unpaired) electrons. The molecule has 1 saturated heterocycles. The number of carbonyl (C=O) groups excluding carboxylic acids is 1. The Kier molecular flexibility index (Phi) is 5.85. The Hall–Kier alpha value is -3.09. The van der Waals surface area contributed by atoms with Gasteiger partial charge in [-0.1, -0.05) is 24.3 Å². The molecule has 0 aliphatic carbocycles. The minimum atomic E-state index is -0.517. The van der Waals surface area contributed by atoms with E-state index in [4.69, 9.17) is 9.72 Å². The molecule has 31 heavy (non-hydrogen) atoms. The second-order valence-electron chi connectivity index (χ2n) is 8.99. The van der Waals surface area contributed by atoms with Crippen molar-refractivity contribution in [2.45, 2.75) is 51.8 Å². The SMILES string of the molecule is CC(C)(C)OC(=O)N1CCCC1CNc1nc2ccccc2n1Cc1cccc(F)c1. The molecule has 0 bridgehead atoms. The normalized spacial score (nSPS) is 16.6. The molecule has 3 aromatic rings. The van der Waals surface area contributed by atoms with E-state index >= 15 is 0 Å². The lowest BCUT2D eigenvalue weighted by atomic mass is 10.2. The number of fused-ring (bicyclic) bond motifs is 1. The summed E-state index contributed by atoms with van der Waals surface area (Å²) in [4.78, 5) is 19.1. The number of carbonyl (C=O) groups is 1. The van der Waals surface area contributed by atoms with Crippen molar-refractivity contribution in [1.82, 2.24) is 14.5 Å². The van der Waals surface area contributed by atoms with E-state index in [1.807, 2.05) is 51.1 Å². The average Bonchev–Trinajstić information content (AvgIpc) is 3.30. The van der Waals surface area contributed by atoms with Crippen molar-refractivity contribution in [2.75, 3.05) is 18.4 Å². The topological polar surface area (TPSA) is 59.4 Å². The van der Waals surface area contributed by atoms with Crippen LogP contribution in [-0.4, -0.2) is 45.3 Å². The van der Waals surface area contributed by atoms with Gasteiger partial charge in [0.25, 0.3) is 0 Å². The van der Waals surface area contributed by atoms with Crippen molar-refractivity contribution in [3.05, 3.63) is 59.9 Å². The summed E-state index contributed by atoms with van der Waals surface area (Å²) in [6.45, 7) is 7.41. The molecule has 2 heterocycles. The van der Waals surface area contributed by atoms with Gasteiger partial charge >= 0.3 is 6.09 Å². The second kappa shape index (κ2) is 8.57. The van der Waals surface area contributed by atoms with Crippen LogP contribution in [0.25, 0.3) is 11.0 Å². The van der Waals surface area contributed by atoms with Crippen molar-refractivity contribution in [2.24, 2.45) is 0 Å². The third-order valence-electron chi connectivity index (χ3n) is 5.39. The number of aromatic nitrogens is 2. The van der Waals surface area contributed by atoms with Gasteiger partial charge in [0.05, 0.1) is 23.6 Å². The molecular weight excluding hydrogens is 395 g/mol. The van der Waals surface area contributed by atoms with E-state index in [-0.39, 0.29) is 18.0 Å². The number of anilines is 1. The summed E-state index contributed by atoms with van der Waals surface area (Å²) in [5, 5.41) is 3.44. The number of nitrogens with zero attached hydrogens (tertiary/aromatic N) is 3. The maximum Gasteiger partial charge on any atom is 0.410 e. The van der Waals surface area contributed by atoms with Crippen LogP contribution in [0.2, 0.25) is 0 Å². The van der Waals surface area contributed by atoms with Crippen LogP contribution in [0.4, 0.5) is 15.1 Å². The first-order chi connectivity index (χ1) is 14.8. The fourth-order valence-electron chi connectivity index (χ4n) is 4.01. The van der Waals surface area contributed by atoms with Crippen LogP contribution in [-0.2, 0) is 11.3 Å². The summed E-state index contributed by atoms with van der Waals surface area (Å²) in [5.41, 5.74) is 2.19. The summed E-state index contributed by atoms with van der Waals surface area (Å²) in [6.07, 6.45) is 1.59. The monoisotopic (exact) mass is 424 g/mol. The lowest BCUT2D eigenvalue weighted by Crippen LogP contribution is -2.42. The molecule has 7 heteroatoms. The van der Waals surface area contributed by atoms with Crippen LogP contribution in [0.3, 0.4) is 0 Å².